The number of benzene rings is 1. The Balaban J connectivity index is 0.00000288. The first-order valence-electron chi connectivity index (χ1n) is 7.86. The van der Waals surface area contributed by atoms with Crippen LogP contribution in [0.25, 0.3) is 5.69 Å². The molecule has 0 aliphatic rings. The van der Waals surface area contributed by atoms with E-state index in [-0.39, 0.29) is 24.0 Å². The highest BCUT2D eigenvalue weighted by Crippen LogP contribution is 2.08. The van der Waals surface area contributed by atoms with Crippen LogP contribution in [0.3, 0.4) is 0 Å². The van der Waals surface area contributed by atoms with E-state index in [0.717, 1.165) is 37.6 Å². The van der Waals surface area contributed by atoms with Crippen molar-refractivity contribution >= 4 is 29.9 Å². The van der Waals surface area contributed by atoms with Crippen molar-refractivity contribution in [2.45, 2.75) is 19.4 Å². The van der Waals surface area contributed by atoms with E-state index in [1.54, 1.807) is 6.20 Å². The molecule has 0 aliphatic carbocycles. The van der Waals surface area contributed by atoms with Crippen LogP contribution in [0.2, 0.25) is 0 Å². The summed E-state index contributed by atoms with van der Waals surface area (Å²) in [7, 11) is 3.87. The fraction of sp³-hybridized carbons (Fsp3) is 0.333. The number of hydrogen-bond acceptors (Lipinski definition) is 2. The lowest BCUT2D eigenvalue weighted by Crippen LogP contribution is -2.38. The molecule has 0 atom stereocenters. The minimum atomic E-state index is 0. The molecule has 0 saturated heterocycles. The molecule has 0 amide bonds. The summed E-state index contributed by atoms with van der Waals surface area (Å²) >= 11 is 0. The highest BCUT2D eigenvalue weighted by Gasteiger charge is 2.05. The second kappa shape index (κ2) is 10.9. The number of aromatic nitrogens is 2. The SMILES string of the molecule is C=CCCCN(C)C(=NC)NCc1ccc(-n2cccn2)cc1.I. The van der Waals surface area contributed by atoms with Gasteiger partial charge in [-0.15, -0.1) is 30.6 Å². The molecule has 24 heavy (non-hydrogen) atoms. The molecule has 0 saturated carbocycles. The second-order valence-corrected chi connectivity index (χ2v) is 5.37. The zero-order chi connectivity index (χ0) is 16.5. The molecule has 2 rings (SSSR count). The first kappa shape index (κ1) is 20.2. The molecule has 0 unspecified atom stereocenters. The van der Waals surface area contributed by atoms with Crippen LogP contribution in [0.5, 0.6) is 0 Å². The van der Waals surface area contributed by atoms with Crippen LogP contribution in [-0.4, -0.2) is 41.3 Å². The van der Waals surface area contributed by atoms with E-state index in [2.05, 4.69) is 58.2 Å². The molecule has 0 spiro atoms. The monoisotopic (exact) mass is 439 g/mol. The van der Waals surface area contributed by atoms with Crippen molar-refractivity contribution in [2.24, 2.45) is 4.99 Å². The zero-order valence-electron chi connectivity index (χ0n) is 14.4. The van der Waals surface area contributed by atoms with Gasteiger partial charge in [0.25, 0.3) is 0 Å². The van der Waals surface area contributed by atoms with Crippen molar-refractivity contribution in [2.75, 3.05) is 20.6 Å². The molecule has 130 valence electrons. The zero-order valence-corrected chi connectivity index (χ0v) is 16.7. The van der Waals surface area contributed by atoms with Crippen molar-refractivity contribution in [3.63, 3.8) is 0 Å². The van der Waals surface area contributed by atoms with Crippen molar-refractivity contribution in [3.8, 4) is 5.69 Å². The van der Waals surface area contributed by atoms with Crippen LogP contribution in [0.4, 0.5) is 0 Å². The Kier molecular flexibility index (Phi) is 9.14. The molecule has 0 aliphatic heterocycles. The maximum absolute atomic E-state index is 4.33. The Morgan fingerprint density at radius 1 is 1.38 bits per heavy atom. The summed E-state index contributed by atoms with van der Waals surface area (Å²) in [5, 5.41) is 7.62. The lowest BCUT2D eigenvalue weighted by molar-refractivity contribution is 0.470. The van der Waals surface area contributed by atoms with E-state index >= 15 is 0 Å². The average molecular weight is 439 g/mol. The van der Waals surface area contributed by atoms with E-state index in [9.17, 15) is 0 Å². The van der Waals surface area contributed by atoms with Gasteiger partial charge < -0.3 is 10.2 Å². The Morgan fingerprint density at radius 3 is 2.71 bits per heavy atom. The predicted molar refractivity (Wildman–Crippen MR) is 111 cm³/mol. The van der Waals surface area contributed by atoms with Gasteiger partial charge in [0.1, 0.15) is 0 Å². The molecular formula is C18H26IN5. The third-order valence-corrected chi connectivity index (χ3v) is 3.63. The van der Waals surface area contributed by atoms with Gasteiger partial charge in [0.15, 0.2) is 5.96 Å². The van der Waals surface area contributed by atoms with Crippen LogP contribution in [0.15, 0.2) is 60.4 Å². The van der Waals surface area contributed by atoms with Gasteiger partial charge in [0, 0.05) is 39.6 Å². The molecule has 0 fully saturated rings. The van der Waals surface area contributed by atoms with E-state index in [4.69, 9.17) is 0 Å². The first-order chi connectivity index (χ1) is 11.2. The summed E-state index contributed by atoms with van der Waals surface area (Å²) in [6.45, 7) is 5.46. The molecule has 6 heteroatoms. The average Bonchev–Trinajstić information content (AvgIpc) is 3.11. The Labute approximate surface area is 161 Å². The van der Waals surface area contributed by atoms with Gasteiger partial charge in [-0.05, 0) is 36.6 Å². The normalized spacial score (nSPS) is 10.8. The number of allylic oxidation sites excluding steroid dienone is 1. The highest BCUT2D eigenvalue weighted by atomic mass is 127. The molecule has 1 aromatic heterocycles. The molecule has 0 radical (unpaired) electrons. The molecule has 1 N–H and O–H groups in total. The Bertz CT molecular complexity index is 619. The van der Waals surface area contributed by atoms with Gasteiger partial charge in [-0.3, -0.25) is 4.99 Å². The summed E-state index contributed by atoms with van der Waals surface area (Å²) in [6, 6.07) is 10.3. The van der Waals surface area contributed by atoms with Gasteiger partial charge in [-0.2, -0.15) is 5.10 Å². The lowest BCUT2D eigenvalue weighted by atomic mass is 10.2. The molecule has 1 heterocycles. The largest absolute Gasteiger partial charge is 0.352 e. The van der Waals surface area contributed by atoms with Crippen molar-refractivity contribution in [1.82, 2.24) is 20.0 Å². The van der Waals surface area contributed by atoms with Crippen LogP contribution >= 0.6 is 24.0 Å². The molecule has 0 bridgehead atoms. The van der Waals surface area contributed by atoms with Crippen molar-refractivity contribution in [1.29, 1.82) is 0 Å². The predicted octanol–water partition coefficient (Wildman–Crippen LogP) is 3.46. The van der Waals surface area contributed by atoms with E-state index in [1.807, 2.05) is 30.1 Å². The number of hydrogen-bond donors (Lipinski definition) is 1. The second-order valence-electron chi connectivity index (χ2n) is 5.37. The fourth-order valence-corrected chi connectivity index (χ4v) is 2.33. The van der Waals surface area contributed by atoms with E-state index in [1.165, 1.54) is 5.56 Å². The number of halogens is 1. The van der Waals surface area contributed by atoms with Crippen LogP contribution < -0.4 is 5.32 Å². The molecular weight excluding hydrogens is 413 g/mol. The van der Waals surface area contributed by atoms with Gasteiger partial charge in [0.05, 0.1) is 5.69 Å². The van der Waals surface area contributed by atoms with Crippen LogP contribution in [0, 0.1) is 0 Å². The third kappa shape index (κ3) is 5.99. The third-order valence-electron chi connectivity index (χ3n) is 3.63. The van der Waals surface area contributed by atoms with Gasteiger partial charge in [0.2, 0.25) is 0 Å². The minimum absolute atomic E-state index is 0. The van der Waals surface area contributed by atoms with Crippen molar-refractivity contribution in [3.05, 3.63) is 60.9 Å². The Morgan fingerprint density at radius 2 is 2.12 bits per heavy atom. The highest BCUT2D eigenvalue weighted by molar-refractivity contribution is 14.0. The minimum Gasteiger partial charge on any atom is -0.352 e. The topological polar surface area (TPSA) is 45.5 Å². The lowest BCUT2D eigenvalue weighted by Gasteiger charge is -2.22. The molecule has 5 nitrogen and oxygen atoms in total. The summed E-state index contributed by atoms with van der Waals surface area (Å²) in [4.78, 5) is 6.47. The first-order valence-corrected chi connectivity index (χ1v) is 7.86. The summed E-state index contributed by atoms with van der Waals surface area (Å²) in [5.74, 6) is 0.908. The van der Waals surface area contributed by atoms with E-state index < -0.39 is 0 Å². The van der Waals surface area contributed by atoms with Gasteiger partial charge in [-0.1, -0.05) is 18.2 Å². The maximum Gasteiger partial charge on any atom is 0.193 e. The quantitative estimate of drug-likeness (QED) is 0.236. The number of aliphatic imine (C=N–C) groups is 1. The van der Waals surface area contributed by atoms with Crippen LogP contribution in [0.1, 0.15) is 18.4 Å². The fourth-order valence-electron chi connectivity index (χ4n) is 2.33. The summed E-state index contributed by atoms with van der Waals surface area (Å²) < 4.78 is 1.85. The van der Waals surface area contributed by atoms with E-state index in [0.29, 0.717) is 0 Å². The number of nitrogens with one attached hydrogen (secondary N) is 1. The van der Waals surface area contributed by atoms with Crippen molar-refractivity contribution < 1.29 is 0 Å². The summed E-state index contributed by atoms with van der Waals surface area (Å²) in [6.07, 6.45) is 7.77. The number of guanidine groups is 1. The Hall–Kier alpha value is -1.83. The van der Waals surface area contributed by atoms with Gasteiger partial charge in [-0.25, -0.2) is 4.68 Å². The molecule has 1 aromatic carbocycles. The number of rotatable bonds is 7. The van der Waals surface area contributed by atoms with Crippen LogP contribution in [-0.2, 0) is 6.54 Å². The maximum atomic E-state index is 4.33. The standard InChI is InChI=1S/C18H25N5.HI/c1-4-5-6-13-22(3)18(19-2)20-15-16-8-10-17(11-9-16)23-14-7-12-21-23;/h4,7-12,14H,1,5-6,13,15H2,2-3H3,(H,19,20);1H. The number of nitrogens with zero attached hydrogens (tertiary/aromatic N) is 4. The molecule has 2 aromatic rings. The van der Waals surface area contributed by atoms with Gasteiger partial charge >= 0.3 is 0 Å². The number of unbranched alkanes of at least 4 members (excludes halogenated alkanes) is 1. The smallest absolute Gasteiger partial charge is 0.193 e. The summed E-state index contributed by atoms with van der Waals surface area (Å²) in [5.41, 5.74) is 2.27.